The van der Waals surface area contributed by atoms with Crippen molar-refractivity contribution in [2.45, 2.75) is 113 Å². The van der Waals surface area contributed by atoms with Crippen molar-refractivity contribution < 1.29 is 109 Å². The smallest absolute Gasteiger partial charge is 0.417 e. The molecule has 0 unspecified atom stereocenters. The predicted octanol–water partition coefficient (Wildman–Crippen LogP) is 18.4. The van der Waals surface area contributed by atoms with Gasteiger partial charge in [0.2, 0.25) is 0 Å². The monoisotopic (exact) mass is 1960 g/mol. The van der Waals surface area contributed by atoms with Crippen molar-refractivity contribution in [2.24, 2.45) is 7.05 Å². The Morgan fingerprint density at radius 3 is 1.23 bits per heavy atom. The summed E-state index contributed by atoms with van der Waals surface area (Å²) >= 11 is 12.9. The van der Waals surface area contributed by atoms with Gasteiger partial charge in [0.15, 0.2) is 0 Å². The normalized spacial score (nSPS) is 15.2. The van der Waals surface area contributed by atoms with E-state index < -0.39 is 171 Å². The lowest BCUT2D eigenvalue weighted by Crippen LogP contribution is -2.57. The highest BCUT2D eigenvalue weighted by Gasteiger charge is 2.47. The number of carbonyl (C=O) groups is 6. The number of nitrogens with zero attached hydrogens (tertiary/aromatic N) is 9. The number of aryl methyl sites for hydroxylation is 1. The minimum Gasteiger partial charge on any atom is -0.467 e. The average molecular weight is 1960 g/mol. The van der Waals surface area contributed by atoms with Crippen LogP contribution in [-0.2, 0) is 61.1 Å². The van der Waals surface area contributed by atoms with E-state index in [1.807, 2.05) is 17.0 Å². The van der Waals surface area contributed by atoms with Gasteiger partial charge in [0.05, 0.1) is 72.3 Å². The Morgan fingerprint density at radius 2 is 0.855 bits per heavy atom. The number of fused-ring (bicyclic) bond motifs is 3. The Hall–Kier alpha value is -14.4. The van der Waals surface area contributed by atoms with E-state index in [0.717, 1.165) is 73.3 Å². The minimum atomic E-state index is -4.90. The molecule has 0 saturated carbocycles. The molecule has 3 aliphatic heterocycles. The summed E-state index contributed by atoms with van der Waals surface area (Å²) < 4.78 is 230. The highest BCUT2D eigenvalue weighted by atomic mass is 35.5. The molecular weight excluding hydrogens is 1880 g/mol. The Kier molecular flexibility index (Phi) is 31.4. The summed E-state index contributed by atoms with van der Waals surface area (Å²) in [5, 5.41) is 29.9. The van der Waals surface area contributed by atoms with Crippen molar-refractivity contribution in [2.75, 3.05) is 75.3 Å². The first-order valence-corrected chi connectivity index (χ1v) is 43.5. The van der Waals surface area contributed by atoms with E-state index in [1.165, 1.54) is 62.5 Å². The third-order valence-electron chi connectivity index (χ3n) is 23.9. The second kappa shape index (κ2) is 42.9. The minimum absolute atomic E-state index is 0.0307. The standard InChI is InChI=1S/C34H30F8N4O4.C32H25ClF5N5O3.C32H27ClF2N4O3/c1-17-13-22(33(37,38)39)27(31(48)45(17)2)21-10-9-18(20-7-6-11-43-29(20)21)14-25(32(49)50-3)44-30(47)28-23(35)15-19(16-24(28)36)46-12-5-4-8-26(46)34(40,41)42;1-46-31(45)26(12-18-5-7-22(29-20(18)3-2-8-41-29)21-6-4-17(15-39)11-23(21)33)42-30(44)28-24(34)13-19(14-25(28)35)43-10-9-40-27(16-43)32(36,37)38;1-42-32(41)28(38-31(40)29-26(34)16-21(17-27(29)35)39-12-3-2-4-13-39)15-20-8-10-24(30-22(20)6-5-11-37-30)23-9-7-19(18-36)14-25(23)33/h6-7,9-11,13,15-16,25-26H,4-5,8,12,14H2,1-3H3,(H,44,47);2-8,11,13-14,26-27,40H,9-10,12,16H2,1H3,(H,42,44);5-11,14,16-17,28H,2-4,12-13,15H2,1H3,(H,38,40)/t25-,26+;26-,27+;28-/m000/s1. The van der Waals surface area contributed by atoms with Crippen LogP contribution in [0.5, 0.6) is 0 Å². The number of benzene rings is 8. The molecule has 138 heavy (non-hydrogen) atoms. The van der Waals surface area contributed by atoms with E-state index in [-0.39, 0.29) is 78.7 Å². The number of carbonyl (C=O) groups excluding carboxylic acids is 6. The molecule has 0 bridgehead atoms. The molecule has 8 aromatic carbocycles. The van der Waals surface area contributed by atoms with Gasteiger partial charge in [-0.05, 0) is 147 Å². The molecule has 7 heterocycles. The predicted molar refractivity (Wildman–Crippen MR) is 483 cm³/mol. The lowest BCUT2D eigenvalue weighted by atomic mass is 9.93. The topological polar surface area (TPSA) is 296 Å². The van der Waals surface area contributed by atoms with E-state index in [2.05, 4.69) is 42.3 Å². The number of amides is 3. The first-order valence-electron chi connectivity index (χ1n) is 42.7. The number of piperazine rings is 1. The summed E-state index contributed by atoms with van der Waals surface area (Å²) in [6.07, 6.45) is -6.96. The van der Waals surface area contributed by atoms with Crippen LogP contribution < -0.4 is 41.5 Å². The largest absolute Gasteiger partial charge is 0.467 e. The number of aromatic nitrogens is 4. The third kappa shape index (κ3) is 22.5. The molecule has 5 atom stereocenters. The summed E-state index contributed by atoms with van der Waals surface area (Å²) in [5.41, 5.74) is -0.0349. The van der Waals surface area contributed by atoms with Crippen LogP contribution in [-0.4, -0.2) is 158 Å². The van der Waals surface area contributed by atoms with Gasteiger partial charge in [0.25, 0.3) is 23.3 Å². The summed E-state index contributed by atoms with van der Waals surface area (Å²) in [6, 6.07) is 31.1. The fourth-order valence-corrected chi connectivity index (χ4v) is 17.5. The lowest BCUT2D eigenvalue weighted by Gasteiger charge is -2.38. The zero-order valence-corrected chi connectivity index (χ0v) is 75.2. The Balaban J connectivity index is 0.000000175. The van der Waals surface area contributed by atoms with Crippen molar-refractivity contribution in [3.63, 3.8) is 0 Å². The molecule has 3 fully saturated rings. The summed E-state index contributed by atoms with van der Waals surface area (Å²) in [5.74, 6) is -14.0. The number of hydrogen-bond acceptors (Lipinski definition) is 19. The lowest BCUT2D eigenvalue weighted by molar-refractivity contribution is -0.155. The number of rotatable bonds is 21. The summed E-state index contributed by atoms with van der Waals surface area (Å²) in [7, 11) is 4.57. The molecular formula is C98H82Cl2F15N13O10. The number of halogens is 17. The Labute approximate surface area is 787 Å². The second-order valence-electron chi connectivity index (χ2n) is 32.5. The van der Waals surface area contributed by atoms with Gasteiger partial charge in [0, 0.05) is 161 Å². The van der Waals surface area contributed by atoms with Crippen LogP contribution >= 0.6 is 23.2 Å². The molecule has 3 saturated heterocycles. The molecule has 0 aliphatic carbocycles. The van der Waals surface area contributed by atoms with Gasteiger partial charge < -0.3 is 54.7 Å². The number of methoxy groups -OCH3 is 3. The van der Waals surface area contributed by atoms with Gasteiger partial charge >= 0.3 is 36.4 Å². The van der Waals surface area contributed by atoms with Crippen LogP contribution in [0.25, 0.3) is 66.1 Å². The number of piperidine rings is 2. The molecule has 3 aliphatic rings. The van der Waals surface area contributed by atoms with Crippen molar-refractivity contribution in [1.82, 2.24) is 40.8 Å². The van der Waals surface area contributed by atoms with Crippen LogP contribution in [0.2, 0.25) is 10.0 Å². The zero-order valence-electron chi connectivity index (χ0n) is 73.7. The third-order valence-corrected chi connectivity index (χ3v) is 24.5. The molecule has 0 radical (unpaired) electrons. The maximum atomic E-state index is 15.3. The number of alkyl halides is 9. The van der Waals surface area contributed by atoms with Crippen LogP contribution in [0.15, 0.2) is 175 Å². The van der Waals surface area contributed by atoms with Gasteiger partial charge in [-0.25, -0.2) is 40.7 Å². The fourth-order valence-electron chi connectivity index (χ4n) is 16.9. The van der Waals surface area contributed by atoms with Gasteiger partial charge in [-0.3, -0.25) is 34.1 Å². The Morgan fingerprint density at radius 1 is 0.478 bits per heavy atom. The number of ether oxygens (including phenoxy) is 3. The number of esters is 3. The van der Waals surface area contributed by atoms with Crippen LogP contribution in [0.3, 0.4) is 0 Å². The van der Waals surface area contributed by atoms with Gasteiger partial charge in [-0.2, -0.15) is 50.0 Å². The van der Waals surface area contributed by atoms with Crippen molar-refractivity contribution in [3.05, 3.63) is 281 Å². The maximum absolute atomic E-state index is 15.3. The van der Waals surface area contributed by atoms with Gasteiger partial charge in [0.1, 0.15) is 81.8 Å². The molecule has 40 heteroatoms. The number of hydrogen-bond donors (Lipinski definition) is 4. The molecule has 23 nitrogen and oxygen atoms in total. The number of nitrogens with one attached hydrogen (secondary N) is 4. The molecule has 0 spiro atoms. The zero-order chi connectivity index (χ0) is 99.7. The van der Waals surface area contributed by atoms with Gasteiger partial charge in [-0.15, -0.1) is 0 Å². The maximum Gasteiger partial charge on any atom is 0.417 e. The molecule has 4 aromatic heterocycles. The summed E-state index contributed by atoms with van der Waals surface area (Å²) in [4.78, 5) is 108. The molecule has 15 rings (SSSR count). The Bertz CT molecular complexity index is 6820. The van der Waals surface area contributed by atoms with E-state index in [9.17, 15) is 83.6 Å². The first kappa shape index (κ1) is 101. The second-order valence-corrected chi connectivity index (χ2v) is 33.3. The van der Waals surface area contributed by atoms with Gasteiger partial charge in [-0.1, -0.05) is 89.9 Å². The highest BCUT2D eigenvalue weighted by Crippen LogP contribution is 2.43. The summed E-state index contributed by atoms with van der Waals surface area (Å²) in [6.45, 7) is 2.03. The van der Waals surface area contributed by atoms with Crippen molar-refractivity contribution in [3.8, 4) is 45.5 Å². The quantitative estimate of drug-likeness (QED) is 0.0295. The highest BCUT2D eigenvalue weighted by molar-refractivity contribution is 6.34. The van der Waals surface area contributed by atoms with Crippen LogP contribution in [0.1, 0.15) is 109 Å². The van der Waals surface area contributed by atoms with Crippen LogP contribution in [0.4, 0.5) is 82.9 Å². The number of anilines is 3. The molecule has 12 aromatic rings. The number of pyridine rings is 4. The van der Waals surface area contributed by atoms with Crippen LogP contribution in [0, 0.1) is 64.5 Å². The van der Waals surface area contributed by atoms with E-state index in [4.69, 9.17) is 37.4 Å². The molecule has 4 N–H and O–H groups in total. The van der Waals surface area contributed by atoms with E-state index in [1.54, 1.807) is 85.2 Å². The fraction of sp³-hybridized carbons (Fsp3) is 0.286. The van der Waals surface area contributed by atoms with Crippen molar-refractivity contribution >= 4 is 109 Å². The molecule has 3 amide bonds. The van der Waals surface area contributed by atoms with E-state index in [0.29, 0.717) is 114 Å². The average Bonchev–Trinajstić information content (AvgIpc) is 0.750. The SMILES string of the molecule is COC(=O)[C@H](Cc1ccc(-c2c(C(F)(F)F)cc(C)n(C)c2=O)c2ncccc12)NC(=O)c1c(F)cc(N2CCCC[C@@H]2C(F)(F)F)cc1F.COC(=O)[C@H](Cc1ccc(-c2ccc(C#N)cc2Cl)c2ncccc12)NC(=O)c1c(F)cc(N2CCCCC2)cc1F.COC(=O)[C@H](Cc1ccc(-c2ccc(C#N)cc2Cl)c2ncccc12)NC(=O)c1c(F)cc(N2CCN[C@@H](C(F)(F)F)C2)cc1F. The first-order chi connectivity index (χ1) is 65.6. The molecule has 718 valence electrons. The van der Waals surface area contributed by atoms with E-state index >= 15 is 26.3 Å². The number of nitriles is 2. The van der Waals surface area contributed by atoms with Crippen molar-refractivity contribution in [1.29, 1.82) is 10.5 Å².